The molecular formula is C13H16N4O3. The molecular weight excluding hydrogens is 260 g/mol. The summed E-state index contributed by atoms with van der Waals surface area (Å²) in [6.07, 6.45) is 0.142. The number of carbonyl (C=O) groups is 2. The first-order valence-electron chi connectivity index (χ1n) is 6.28. The average Bonchev–Trinajstić information content (AvgIpc) is 2.82. The van der Waals surface area contributed by atoms with Crippen LogP contribution in [-0.4, -0.2) is 35.3 Å². The second kappa shape index (κ2) is 6.05. The van der Waals surface area contributed by atoms with Crippen LogP contribution in [0.3, 0.4) is 0 Å². The Bertz CT molecular complexity index is 636. The fourth-order valence-corrected chi connectivity index (χ4v) is 1.77. The van der Waals surface area contributed by atoms with Gasteiger partial charge in [0, 0.05) is 6.54 Å². The van der Waals surface area contributed by atoms with Crippen LogP contribution in [-0.2, 0) is 4.74 Å². The second-order valence-corrected chi connectivity index (χ2v) is 4.11. The molecule has 0 spiro atoms. The molecule has 20 heavy (non-hydrogen) atoms. The van der Waals surface area contributed by atoms with Crippen LogP contribution in [0, 0.1) is 0 Å². The van der Waals surface area contributed by atoms with Crippen molar-refractivity contribution in [3.8, 4) is 0 Å². The van der Waals surface area contributed by atoms with Gasteiger partial charge in [-0.15, -0.1) is 0 Å². The topological polar surface area (TPSA) is 85.2 Å². The van der Waals surface area contributed by atoms with Gasteiger partial charge in [-0.05, 0) is 18.6 Å². The number of fused-ring (bicyclic) bond motifs is 1. The number of nitrogens with zero attached hydrogens (tertiary/aromatic N) is 2. The molecule has 0 aliphatic carbocycles. The molecule has 7 nitrogen and oxygen atoms in total. The molecule has 0 aliphatic heterocycles. The first-order valence-corrected chi connectivity index (χ1v) is 6.28. The van der Waals surface area contributed by atoms with Gasteiger partial charge < -0.3 is 10.1 Å². The highest BCUT2D eigenvalue weighted by Crippen LogP contribution is 2.19. The van der Waals surface area contributed by atoms with Crippen LogP contribution in [0.5, 0.6) is 0 Å². The van der Waals surface area contributed by atoms with E-state index in [9.17, 15) is 9.59 Å². The SMILES string of the molecule is CCCNC(=O)n1c(NC(=O)OC)nc2ccccc21. The third-order valence-corrected chi connectivity index (χ3v) is 2.69. The van der Waals surface area contributed by atoms with Gasteiger partial charge in [0.05, 0.1) is 18.1 Å². The van der Waals surface area contributed by atoms with E-state index >= 15 is 0 Å². The molecule has 7 heteroatoms. The van der Waals surface area contributed by atoms with Crippen LogP contribution in [0.1, 0.15) is 13.3 Å². The van der Waals surface area contributed by atoms with E-state index in [2.05, 4.69) is 20.4 Å². The Morgan fingerprint density at radius 1 is 1.35 bits per heavy atom. The van der Waals surface area contributed by atoms with Crippen LogP contribution in [0.15, 0.2) is 24.3 Å². The summed E-state index contributed by atoms with van der Waals surface area (Å²) in [5.41, 5.74) is 1.23. The molecule has 0 aliphatic rings. The normalized spacial score (nSPS) is 10.3. The fourth-order valence-electron chi connectivity index (χ4n) is 1.77. The van der Waals surface area contributed by atoms with E-state index in [1.807, 2.05) is 13.0 Å². The molecule has 0 atom stereocenters. The molecule has 0 radical (unpaired) electrons. The number of imidazole rings is 1. The lowest BCUT2D eigenvalue weighted by molar-refractivity contribution is 0.186. The molecule has 0 fully saturated rings. The quantitative estimate of drug-likeness (QED) is 0.899. The lowest BCUT2D eigenvalue weighted by Gasteiger charge is -2.09. The minimum atomic E-state index is -0.676. The fraction of sp³-hybridized carbons (Fsp3) is 0.308. The first-order chi connectivity index (χ1) is 9.67. The first kappa shape index (κ1) is 13.9. The molecule has 2 N–H and O–H groups in total. The van der Waals surface area contributed by atoms with Crippen molar-refractivity contribution in [3.05, 3.63) is 24.3 Å². The maximum atomic E-state index is 12.2. The average molecular weight is 276 g/mol. The van der Waals surface area contributed by atoms with Crippen LogP contribution in [0.25, 0.3) is 11.0 Å². The molecule has 0 bridgehead atoms. The molecule has 1 heterocycles. The van der Waals surface area contributed by atoms with Crippen molar-refractivity contribution in [2.24, 2.45) is 0 Å². The predicted octanol–water partition coefficient (Wildman–Crippen LogP) is 2.18. The largest absolute Gasteiger partial charge is 0.453 e. The standard InChI is InChI=1S/C13H16N4O3/c1-3-8-14-12(18)17-10-7-5-4-6-9(10)15-11(17)16-13(19)20-2/h4-7H,3,8H2,1-2H3,(H,14,18)(H,15,16,19). The van der Waals surface area contributed by atoms with E-state index < -0.39 is 6.09 Å². The molecule has 1 aromatic carbocycles. The van der Waals surface area contributed by atoms with Crippen molar-refractivity contribution in [3.63, 3.8) is 0 Å². The molecule has 0 unspecified atom stereocenters. The van der Waals surface area contributed by atoms with Gasteiger partial charge in [-0.3, -0.25) is 5.32 Å². The van der Waals surface area contributed by atoms with Gasteiger partial charge in [-0.25, -0.2) is 19.1 Å². The van der Waals surface area contributed by atoms with Crippen molar-refractivity contribution >= 4 is 29.1 Å². The summed E-state index contributed by atoms with van der Waals surface area (Å²) < 4.78 is 5.85. The van der Waals surface area contributed by atoms with Crippen LogP contribution in [0.4, 0.5) is 15.5 Å². The second-order valence-electron chi connectivity index (χ2n) is 4.11. The van der Waals surface area contributed by atoms with Gasteiger partial charge in [-0.1, -0.05) is 19.1 Å². The highest BCUT2D eigenvalue weighted by Gasteiger charge is 2.18. The van der Waals surface area contributed by atoms with Crippen LogP contribution >= 0.6 is 0 Å². The summed E-state index contributed by atoms with van der Waals surface area (Å²) in [6, 6.07) is 6.80. The summed E-state index contributed by atoms with van der Waals surface area (Å²) in [6.45, 7) is 2.50. The molecule has 1 aromatic heterocycles. The number of carbonyl (C=O) groups excluding carboxylic acids is 2. The van der Waals surface area contributed by atoms with Crippen LogP contribution < -0.4 is 10.6 Å². The Morgan fingerprint density at radius 2 is 2.10 bits per heavy atom. The van der Waals surface area contributed by atoms with Gasteiger partial charge in [0.15, 0.2) is 0 Å². The maximum absolute atomic E-state index is 12.2. The van der Waals surface area contributed by atoms with Crippen molar-refractivity contribution in [1.82, 2.24) is 14.9 Å². The zero-order valence-electron chi connectivity index (χ0n) is 11.3. The minimum Gasteiger partial charge on any atom is -0.453 e. The number of rotatable bonds is 3. The molecule has 106 valence electrons. The zero-order chi connectivity index (χ0) is 14.5. The summed E-state index contributed by atoms with van der Waals surface area (Å²) in [5.74, 6) is 0.131. The molecule has 2 rings (SSSR count). The number of aromatic nitrogens is 2. The van der Waals surface area contributed by atoms with E-state index in [0.29, 0.717) is 17.6 Å². The van der Waals surface area contributed by atoms with E-state index in [4.69, 9.17) is 0 Å². The summed E-state index contributed by atoms with van der Waals surface area (Å²) in [7, 11) is 1.25. The maximum Gasteiger partial charge on any atom is 0.413 e. The van der Waals surface area contributed by atoms with Crippen molar-refractivity contribution in [2.45, 2.75) is 13.3 Å². The molecule has 2 aromatic rings. The Hall–Kier alpha value is -2.57. The summed E-state index contributed by atoms with van der Waals surface area (Å²) >= 11 is 0. The number of para-hydroxylation sites is 2. The minimum absolute atomic E-state index is 0.131. The number of hydrogen-bond acceptors (Lipinski definition) is 4. The number of benzene rings is 1. The monoisotopic (exact) mass is 276 g/mol. The van der Waals surface area contributed by atoms with Crippen molar-refractivity contribution < 1.29 is 14.3 Å². The Kier molecular flexibility index (Phi) is 4.19. The number of anilines is 1. The van der Waals surface area contributed by atoms with Gasteiger partial charge in [0.1, 0.15) is 0 Å². The highest BCUT2D eigenvalue weighted by molar-refractivity contribution is 5.96. The van der Waals surface area contributed by atoms with E-state index in [1.165, 1.54) is 11.7 Å². The smallest absolute Gasteiger partial charge is 0.413 e. The Labute approximate surface area is 115 Å². The summed E-state index contributed by atoms with van der Waals surface area (Å²) in [5, 5.41) is 5.19. The van der Waals surface area contributed by atoms with Gasteiger partial charge in [0.25, 0.3) is 0 Å². The number of hydrogen-bond donors (Lipinski definition) is 2. The predicted molar refractivity (Wildman–Crippen MR) is 74.8 cm³/mol. The van der Waals surface area contributed by atoms with E-state index in [-0.39, 0.29) is 12.0 Å². The van der Waals surface area contributed by atoms with Gasteiger partial charge in [-0.2, -0.15) is 0 Å². The van der Waals surface area contributed by atoms with Crippen molar-refractivity contribution in [2.75, 3.05) is 19.0 Å². The van der Waals surface area contributed by atoms with E-state index in [1.54, 1.807) is 18.2 Å². The third kappa shape index (κ3) is 2.71. The number of nitrogens with one attached hydrogen (secondary N) is 2. The Morgan fingerprint density at radius 3 is 2.80 bits per heavy atom. The number of amides is 2. The summed E-state index contributed by atoms with van der Waals surface area (Å²) in [4.78, 5) is 27.7. The molecule has 0 saturated heterocycles. The lowest BCUT2D eigenvalue weighted by Crippen LogP contribution is -2.30. The van der Waals surface area contributed by atoms with E-state index in [0.717, 1.165) is 6.42 Å². The van der Waals surface area contributed by atoms with Gasteiger partial charge >= 0.3 is 12.1 Å². The van der Waals surface area contributed by atoms with Crippen LogP contribution in [0.2, 0.25) is 0 Å². The number of methoxy groups -OCH3 is 1. The van der Waals surface area contributed by atoms with Crippen molar-refractivity contribution in [1.29, 1.82) is 0 Å². The highest BCUT2D eigenvalue weighted by atomic mass is 16.5. The zero-order valence-corrected chi connectivity index (χ0v) is 11.3. The number of ether oxygens (including phenoxy) is 1. The van der Waals surface area contributed by atoms with Gasteiger partial charge in [0.2, 0.25) is 5.95 Å². The third-order valence-electron chi connectivity index (χ3n) is 2.69. The lowest BCUT2D eigenvalue weighted by atomic mass is 10.3. The molecule has 0 saturated carbocycles. The molecule has 2 amide bonds. The Balaban J connectivity index is 2.44.